The maximum Gasteiger partial charge on any atom is 0.255 e. The van der Waals surface area contributed by atoms with E-state index in [0.717, 1.165) is 6.42 Å². The molecule has 0 saturated heterocycles. The first-order chi connectivity index (χ1) is 13.9. The lowest BCUT2D eigenvalue weighted by Gasteiger charge is -2.28. The van der Waals surface area contributed by atoms with E-state index < -0.39 is 11.7 Å². The lowest BCUT2D eigenvalue weighted by molar-refractivity contribution is 0.0735. The maximum absolute atomic E-state index is 13.6. The van der Waals surface area contributed by atoms with E-state index in [9.17, 15) is 14.0 Å². The second kappa shape index (κ2) is 8.08. The number of fused-ring (bicyclic) bond motifs is 1. The second-order valence-electron chi connectivity index (χ2n) is 6.94. The van der Waals surface area contributed by atoms with E-state index in [1.54, 1.807) is 35.6 Å². The Bertz CT molecular complexity index is 1090. The van der Waals surface area contributed by atoms with E-state index in [-0.39, 0.29) is 11.5 Å². The fourth-order valence-corrected chi connectivity index (χ4v) is 4.83. The molecule has 0 bridgehead atoms. The summed E-state index contributed by atoms with van der Waals surface area (Å²) in [5.41, 5.74) is 3.19. The van der Waals surface area contributed by atoms with Gasteiger partial charge < -0.3 is 10.2 Å². The molecule has 0 fully saturated rings. The number of nitrogens with zero attached hydrogens (tertiary/aromatic N) is 1. The molecule has 2 aromatic carbocycles. The van der Waals surface area contributed by atoms with Crippen molar-refractivity contribution in [1.29, 1.82) is 0 Å². The van der Waals surface area contributed by atoms with Gasteiger partial charge in [-0.25, -0.2) is 4.39 Å². The Morgan fingerprint density at radius 2 is 2.03 bits per heavy atom. The van der Waals surface area contributed by atoms with Crippen molar-refractivity contribution in [3.63, 3.8) is 0 Å². The van der Waals surface area contributed by atoms with Gasteiger partial charge in [0.05, 0.1) is 0 Å². The minimum absolute atomic E-state index is 0.0519. The van der Waals surface area contributed by atoms with Crippen LogP contribution in [0, 0.1) is 12.7 Å². The third-order valence-electron chi connectivity index (χ3n) is 5.03. The van der Waals surface area contributed by atoms with Gasteiger partial charge in [0, 0.05) is 39.3 Å². The third-order valence-corrected chi connectivity index (χ3v) is 6.51. The van der Waals surface area contributed by atoms with Crippen LogP contribution in [0.3, 0.4) is 0 Å². The molecule has 4 nitrogen and oxygen atoms in total. The fourth-order valence-electron chi connectivity index (χ4n) is 3.47. The summed E-state index contributed by atoms with van der Waals surface area (Å²) in [6.07, 6.45) is 0.864. The number of carbonyl (C=O) groups is 2. The molecule has 1 aromatic heterocycles. The van der Waals surface area contributed by atoms with E-state index in [2.05, 4.69) is 32.7 Å². The zero-order valence-corrected chi connectivity index (χ0v) is 18.1. The van der Waals surface area contributed by atoms with Gasteiger partial charge in [-0.15, -0.1) is 11.3 Å². The zero-order chi connectivity index (χ0) is 20.5. The second-order valence-corrected chi connectivity index (χ2v) is 8.85. The van der Waals surface area contributed by atoms with Crippen molar-refractivity contribution in [2.75, 3.05) is 11.9 Å². The van der Waals surface area contributed by atoms with E-state index in [0.29, 0.717) is 34.4 Å². The first-order valence-corrected chi connectivity index (χ1v) is 10.8. The van der Waals surface area contributed by atoms with Gasteiger partial charge in [-0.1, -0.05) is 22.0 Å². The summed E-state index contributed by atoms with van der Waals surface area (Å²) in [5.74, 6) is -0.981. The quantitative estimate of drug-likeness (QED) is 0.553. The SMILES string of the molecule is Cc1c(NC(=O)c2cc(F)cc(Br)c2)cccc1C(=O)N1CCc2sccc2C1. The molecule has 4 rings (SSSR count). The number of halogens is 2. The largest absolute Gasteiger partial charge is 0.334 e. The van der Waals surface area contributed by atoms with Gasteiger partial charge in [0.2, 0.25) is 0 Å². The van der Waals surface area contributed by atoms with Crippen molar-refractivity contribution >= 4 is 44.8 Å². The number of hydrogen-bond donors (Lipinski definition) is 1. The molecule has 2 heterocycles. The van der Waals surface area contributed by atoms with E-state index >= 15 is 0 Å². The lowest BCUT2D eigenvalue weighted by Crippen LogP contribution is -2.35. The minimum Gasteiger partial charge on any atom is -0.334 e. The van der Waals surface area contributed by atoms with Crippen LogP contribution >= 0.6 is 27.3 Å². The summed E-state index contributed by atoms with van der Waals surface area (Å²) in [7, 11) is 0. The van der Waals surface area contributed by atoms with Crippen LogP contribution < -0.4 is 5.32 Å². The number of nitrogens with one attached hydrogen (secondary N) is 1. The number of anilines is 1. The van der Waals surface area contributed by atoms with Gasteiger partial charge >= 0.3 is 0 Å². The molecule has 1 aliphatic heterocycles. The number of hydrogen-bond acceptors (Lipinski definition) is 3. The summed E-state index contributed by atoms with van der Waals surface area (Å²) in [6, 6.07) is 11.3. The Morgan fingerprint density at radius 3 is 2.83 bits per heavy atom. The summed E-state index contributed by atoms with van der Waals surface area (Å²) in [4.78, 5) is 28.9. The monoisotopic (exact) mass is 472 g/mol. The van der Waals surface area contributed by atoms with E-state index in [1.807, 2.05) is 11.8 Å². The molecule has 0 atom stereocenters. The lowest BCUT2D eigenvalue weighted by atomic mass is 10.0. The highest BCUT2D eigenvalue weighted by molar-refractivity contribution is 9.10. The van der Waals surface area contributed by atoms with Crippen LogP contribution in [0.5, 0.6) is 0 Å². The Morgan fingerprint density at radius 1 is 1.21 bits per heavy atom. The van der Waals surface area contributed by atoms with Crippen molar-refractivity contribution in [2.24, 2.45) is 0 Å². The van der Waals surface area contributed by atoms with Gasteiger partial charge in [-0.2, -0.15) is 0 Å². The molecule has 2 amide bonds. The maximum atomic E-state index is 13.6. The molecule has 0 unspecified atom stereocenters. The molecule has 0 spiro atoms. The van der Waals surface area contributed by atoms with Crippen molar-refractivity contribution in [3.05, 3.63) is 85.3 Å². The summed E-state index contributed by atoms with van der Waals surface area (Å²) in [5, 5.41) is 4.86. The number of rotatable bonds is 3. The Labute approximate surface area is 180 Å². The minimum atomic E-state index is -0.497. The highest BCUT2D eigenvalue weighted by atomic mass is 79.9. The fraction of sp³-hybridized carbons (Fsp3) is 0.182. The third kappa shape index (κ3) is 4.11. The molecule has 1 aliphatic rings. The Balaban J connectivity index is 1.56. The van der Waals surface area contributed by atoms with Crippen molar-refractivity contribution in [1.82, 2.24) is 4.90 Å². The molecule has 0 saturated carbocycles. The molecule has 0 aliphatic carbocycles. The van der Waals surface area contributed by atoms with Crippen molar-refractivity contribution in [3.8, 4) is 0 Å². The van der Waals surface area contributed by atoms with Crippen LogP contribution in [-0.4, -0.2) is 23.3 Å². The first-order valence-electron chi connectivity index (χ1n) is 9.14. The van der Waals surface area contributed by atoms with Gasteiger partial charge in [-0.3, -0.25) is 9.59 Å². The Hall–Kier alpha value is -2.51. The number of thiophene rings is 1. The van der Waals surface area contributed by atoms with Crippen LogP contribution in [0.15, 0.2) is 52.3 Å². The summed E-state index contributed by atoms with van der Waals surface area (Å²) in [6.45, 7) is 3.09. The van der Waals surface area contributed by atoms with Crippen molar-refractivity contribution in [2.45, 2.75) is 19.9 Å². The zero-order valence-electron chi connectivity index (χ0n) is 15.7. The van der Waals surface area contributed by atoms with Gasteiger partial charge in [-0.05, 0) is 66.2 Å². The van der Waals surface area contributed by atoms with Crippen LogP contribution in [0.4, 0.5) is 10.1 Å². The average molecular weight is 473 g/mol. The van der Waals surface area contributed by atoms with Crippen LogP contribution in [0.25, 0.3) is 0 Å². The van der Waals surface area contributed by atoms with Gasteiger partial charge in [0.1, 0.15) is 5.82 Å². The molecule has 148 valence electrons. The molecule has 3 aromatic rings. The molecular weight excluding hydrogens is 455 g/mol. The van der Waals surface area contributed by atoms with Gasteiger partial charge in [0.25, 0.3) is 11.8 Å². The predicted octanol–water partition coefficient (Wildman–Crippen LogP) is 5.41. The molecular formula is C22H18BrFN2O2S. The van der Waals surface area contributed by atoms with E-state index in [4.69, 9.17) is 0 Å². The summed E-state index contributed by atoms with van der Waals surface area (Å²) < 4.78 is 14.1. The molecule has 0 radical (unpaired) electrons. The number of amides is 2. The predicted molar refractivity (Wildman–Crippen MR) is 116 cm³/mol. The smallest absolute Gasteiger partial charge is 0.255 e. The highest BCUT2D eigenvalue weighted by Gasteiger charge is 2.24. The molecule has 7 heteroatoms. The first kappa shape index (κ1) is 19.8. The van der Waals surface area contributed by atoms with E-state index in [1.165, 1.54) is 22.6 Å². The molecule has 1 N–H and O–H groups in total. The summed E-state index contributed by atoms with van der Waals surface area (Å²) >= 11 is 4.93. The van der Waals surface area contributed by atoms with Crippen molar-refractivity contribution < 1.29 is 14.0 Å². The normalized spacial score (nSPS) is 13.1. The van der Waals surface area contributed by atoms with Crippen LogP contribution in [0.1, 0.15) is 36.7 Å². The van der Waals surface area contributed by atoms with Gasteiger partial charge in [0.15, 0.2) is 0 Å². The Kier molecular flexibility index (Phi) is 5.52. The van der Waals surface area contributed by atoms with Crippen LogP contribution in [0.2, 0.25) is 0 Å². The van der Waals surface area contributed by atoms with Crippen LogP contribution in [-0.2, 0) is 13.0 Å². The molecule has 29 heavy (non-hydrogen) atoms. The number of carbonyl (C=O) groups excluding carboxylic acids is 2. The highest BCUT2D eigenvalue weighted by Crippen LogP contribution is 2.27. The topological polar surface area (TPSA) is 49.4 Å². The number of benzene rings is 2. The average Bonchev–Trinajstić information content (AvgIpc) is 3.16. The standard InChI is InChI=1S/C22H18BrFN2O2S/c1-13-18(22(28)26-7-5-20-14(12-26)6-8-29-20)3-2-4-19(13)25-21(27)15-9-16(23)11-17(24)10-15/h2-4,6,8-11H,5,7,12H2,1H3,(H,25,27).